The van der Waals surface area contributed by atoms with E-state index in [4.69, 9.17) is 9.73 Å². The first kappa shape index (κ1) is 26.1. The molecular weight excluding hydrogens is 400 g/mol. The smallest absolute Gasteiger partial charge is 0.276 e. The van der Waals surface area contributed by atoms with Gasteiger partial charge in [-0.2, -0.15) is 0 Å². The lowest BCUT2D eigenvalue weighted by Gasteiger charge is -2.40. The van der Waals surface area contributed by atoms with Gasteiger partial charge in [0, 0.05) is 28.2 Å². The average Bonchev–Trinajstić information content (AvgIpc) is 2.75. The van der Waals surface area contributed by atoms with E-state index in [-0.39, 0.29) is 4.92 Å². The maximum atomic E-state index is 12.9. The Labute approximate surface area is 194 Å². The third-order valence-electron chi connectivity index (χ3n) is 6.90. The van der Waals surface area contributed by atoms with Crippen molar-refractivity contribution in [3.63, 3.8) is 0 Å². The molecular formula is C27H42N2O3. The summed E-state index contributed by atoms with van der Waals surface area (Å²) in [7, 11) is 1.60. The fourth-order valence-electron chi connectivity index (χ4n) is 5.02. The summed E-state index contributed by atoms with van der Waals surface area (Å²) >= 11 is 0. The molecule has 1 aromatic rings. The Kier molecular flexibility index (Phi) is 9.06. The van der Waals surface area contributed by atoms with Gasteiger partial charge in [-0.15, -0.1) is 0 Å². The zero-order valence-electron chi connectivity index (χ0n) is 21.2. The number of allylic oxidation sites excluding steroid dienone is 1. The maximum Gasteiger partial charge on any atom is 0.276 e. The van der Waals surface area contributed by atoms with Crippen molar-refractivity contribution in [3.05, 3.63) is 45.0 Å². The van der Waals surface area contributed by atoms with Gasteiger partial charge in [0.25, 0.3) is 5.54 Å². The molecule has 0 N–H and O–H groups in total. The summed E-state index contributed by atoms with van der Waals surface area (Å²) in [6, 6.07) is 3.84. The fraction of sp³-hybridized carbons (Fsp3) is 0.667. The fourth-order valence-corrected chi connectivity index (χ4v) is 5.02. The summed E-state index contributed by atoms with van der Waals surface area (Å²) in [5, 5.41) is 12.9. The van der Waals surface area contributed by atoms with Gasteiger partial charge < -0.3 is 4.74 Å². The second-order valence-electron chi connectivity index (χ2n) is 10.1. The summed E-state index contributed by atoms with van der Waals surface area (Å²) in [5.74, 6) is 0.988. The quantitative estimate of drug-likeness (QED) is 0.160. The molecule has 1 aliphatic rings. The number of aliphatic imine (C=N–C) groups is 1. The third kappa shape index (κ3) is 5.24. The van der Waals surface area contributed by atoms with E-state index in [1.165, 1.54) is 12.8 Å². The second kappa shape index (κ2) is 11.1. The zero-order valence-corrected chi connectivity index (χ0v) is 21.2. The number of hydrogen-bond acceptors (Lipinski definition) is 4. The van der Waals surface area contributed by atoms with Crippen LogP contribution in [0.3, 0.4) is 0 Å². The highest BCUT2D eigenvalue weighted by Crippen LogP contribution is 2.53. The minimum Gasteiger partial charge on any atom is -0.496 e. The first-order valence-electron chi connectivity index (χ1n) is 12.2. The maximum absolute atomic E-state index is 12.9. The van der Waals surface area contributed by atoms with Crippen LogP contribution in [0.5, 0.6) is 5.75 Å². The molecule has 0 aliphatic heterocycles. The highest BCUT2D eigenvalue weighted by atomic mass is 16.6. The number of benzene rings is 1. The molecule has 5 nitrogen and oxygen atoms in total. The molecule has 0 bridgehead atoms. The van der Waals surface area contributed by atoms with Crippen molar-refractivity contribution in [2.75, 3.05) is 7.11 Å². The molecule has 0 fully saturated rings. The molecule has 0 amide bonds. The van der Waals surface area contributed by atoms with Crippen molar-refractivity contribution >= 4 is 11.9 Å². The van der Waals surface area contributed by atoms with E-state index in [9.17, 15) is 10.1 Å². The summed E-state index contributed by atoms with van der Waals surface area (Å²) < 4.78 is 5.78. The van der Waals surface area contributed by atoms with E-state index in [1.807, 2.05) is 46.0 Å². The Morgan fingerprint density at radius 2 is 1.97 bits per heavy atom. The predicted octanol–water partition coefficient (Wildman–Crippen LogP) is 7.94. The van der Waals surface area contributed by atoms with E-state index in [0.29, 0.717) is 17.2 Å². The number of aryl methyl sites for hydroxylation is 1. The van der Waals surface area contributed by atoms with Crippen LogP contribution in [0, 0.1) is 28.4 Å². The lowest BCUT2D eigenvalue weighted by Crippen LogP contribution is -2.49. The molecule has 0 aromatic heterocycles. The van der Waals surface area contributed by atoms with Crippen molar-refractivity contribution in [2.24, 2.45) is 16.3 Å². The van der Waals surface area contributed by atoms with Crippen LogP contribution in [-0.2, 0) is 5.54 Å². The zero-order chi connectivity index (χ0) is 23.9. The molecule has 0 saturated carbocycles. The summed E-state index contributed by atoms with van der Waals surface area (Å²) in [6.45, 7) is 12.3. The van der Waals surface area contributed by atoms with E-state index in [2.05, 4.69) is 19.9 Å². The van der Waals surface area contributed by atoms with E-state index < -0.39 is 11.0 Å². The Bertz CT molecular complexity index is 851. The molecule has 32 heavy (non-hydrogen) atoms. The molecule has 0 heterocycles. The van der Waals surface area contributed by atoms with Crippen LogP contribution in [0.1, 0.15) is 97.1 Å². The van der Waals surface area contributed by atoms with Crippen molar-refractivity contribution in [2.45, 2.75) is 98.4 Å². The monoisotopic (exact) mass is 442 g/mol. The van der Waals surface area contributed by atoms with Crippen LogP contribution < -0.4 is 4.74 Å². The van der Waals surface area contributed by atoms with Crippen molar-refractivity contribution in [1.29, 1.82) is 0 Å². The lowest BCUT2D eigenvalue weighted by molar-refractivity contribution is -0.587. The van der Waals surface area contributed by atoms with Gasteiger partial charge in [0.05, 0.1) is 18.4 Å². The first-order chi connectivity index (χ1) is 15.1. The highest BCUT2D eigenvalue weighted by molar-refractivity contribution is 5.69. The standard InChI is InChI=1S/C27H42N2O3/c1-8-10-14-21(9-2)19-28-24-18-25(32-7)23(17-20(24)3)27(29(30)31,26(4,5)6)22-15-12-11-13-16-22/h15,17-19,21H,8-14,16H2,1-7H3. The topological polar surface area (TPSA) is 64.7 Å². The van der Waals surface area contributed by atoms with E-state index in [0.717, 1.165) is 55.3 Å². The number of nitro groups is 1. The van der Waals surface area contributed by atoms with Crippen LogP contribution in [0.4, 0.5) is 5.69 Å². The number of nitrogens with zero attached hydrogens (tertiary/aromatic N) is 2. The van der Waals surface area contributed by atoms with Crippen LogP contribution in [0.2, 0.25) is 0 Å². The molecule has 2 rings (SSSR count). The molecule has 0 saturated heterocycles. The van der Waals surface area contributed by atoms with Crippen molar-refractivity contribution in [1.82, 2.24) is 0 Å². The highest BCUT2D eigenvalue weighted by Gasteiger charge is 2.59. The van der Waals surface area contributed by atoms with Crippen LogP contribution >= 0.6 is 0 Å². The largest absolute Gasteiger partial charge is 0.496 e. The van der Waals surface area contributed by atoms with Gasteiger partial charge in [-0.05, 0) is 63.0 Å². The van der Waals surface area contributed by atoms with Gasteiger partial charge in [0.15, 0.2) is 0 Å². The van der Waals surface area contributed by atoms with Gasteiger partial charge in [-0.3, -0.25) is 15.1 Å². The van der Waals surface area contributed by atoms with Crippen LogP contribution in [0.15, 0.2) is 28.8 Å². The molecule has 178 valence electrons. The molecule has 5 heteroatoms. The predicted molar refractivity (Wildman–Crippen MR) is 134 cm³/mol. The van der Waals surface area contributed by atoms with Crippen LogP contribution in [0.25, 0.3) is 0 Å². The van der Waals surface area contributed by atoms with Gasteiger partial charge in [0.1, 0.15) is 5.75 Å². The van der Waals surface area contributed by atoms with Crippen molar-refractivity contribution < 1.29 is 9.66 Å². The van der Waals surface area contributed by atoms with E-state index >= 15 is 0 Å². The van der Waals surface area contributed by atoms with E-state index in [1.54, 1.807) is 7.11 Å². The average molecular weight is 443 g/mol. The minimum atomic E-state index is -1.33. The SMILES string of the molecule is CCCCC(C=Nc1cc(OC)c(C(C2=CCCCC2)([N+](=O)[O-])C(C)(C)C)cc1C)CC. The van der Waals surface area contributed by atoms with Gasteiger partial charge in [-0.1, -0.05) is 53.5 Å². The lowest BCUT2D eigenvalue weighted by atomic mass is 9.63. The molecule has 0 radical (unpaired) electrons. The van der Waals surface area contributed by atoms with Gasteiger partial charge in [0.2, 0.25) is 0 Å². The van der Waals surface area contributed by atoms with Crippen LogP contribution in [-0.4, -0.2) is 18.2 Å². The normalized spacial score (nSPS) is 17.7. The summed E-state index contributed by atoms with van der Waals surface area (Å²) in [6.07, 6.45) is 12.4. The number of hydrogen-bond donors (Lipinski definition) is 0. The number of rotatable bonds is 10. The Balaban J connectivity index is 2.65. The molecule has 0 spiro atoms. The molecule has 2 unspecified atom stereocenters. The molecule has 1 aromatic carbocycles. The second-order valence-corrected chi connectivity index (χ2v) is 10.1. The number of methoxy groups -OCH3 is 1. The Morgan fingerprint density at radius 1 is 1.25 bits per heavy atom. The minimum absolute atomic E-state index is 0.0811. The summed E-state index contributed by atoms with van der Waals surface area (Å²) in [4.78, 5) is 17.6. The van der Waals surface area contributed by atoms with Gasteiger partial charge >= 0.3 is 0 Å². The molecule has 2 atom stereocenters. The first-order valence-corrected chi connectivity index (χ1v) is 12.2. The molecule has 1 aliphatic carbocycles. The Hall–Kier alpha value is -2.17. The third-order valence-corrected chi connectivity index (χ3v) is 6.90. The number of unbranched alkanes of at least 4 members (excludes halogenated alkanes) is 1. The summed E-state index contributed by atoms with van der Waals surface area (Å²) in [5.41, 5.74) is 1.34. The number of ether oxygens (including phenoxy) is 1. The van der Waals surface area contributed by atoms with Gasteiger partial charge in [-0.25, -0.2) is 0 Å². The Morgan fingerprint density at radius 3 is 2.47 bits per heavy atom. The van der Waals surface area contributed by atoms with Crippen molar-refractivity contribution in [3.8, 4) is 5.75 Å².